The van der Waals surface area contributed by atoms with Crippen molar-refractivity contribution in [2.45, 2.75) is 38.3 Å². The quantitative estimate of drug-likeness (QED) is 0.401. The largest absolute Gasteiger partial charge is 0.324 e. The van der Waals surface area contributed by atoms with E-state index in [0.717, 1.165) is 34.1 Å². The lowest BCUT2D eigenvalue weighted by Gasteiger charge is -2.37. The van der Waals surface area contributed by atoms with Gasteiger partial charge in [0.25, 0.3) is 5.69 Å². The van der Waals surface area contributed by atoms with Gasteiger partial charge in [-0.25, -0.2) is 4.90 Å². The van der Waals surface area contributed by atoms with Crippen LogP contribution in [0.3, 0.4) is 0 Å². The van der Waals surface area contributed by atoms with Crippen LogP contribution in [0.25, 0.3) is 0 Å². The van der Waals surface area contributed by atoms with E-state index >= 15 is 0 Å². The molecule has 0 saturated carbocycles. The molecule has 2 aromatic rings. The van der Waals surface area contributed by atoms with Gasteiger partial charge in [0.2, 0.25) is 17.7 Å². The van der Waals surface area contributed by atoms with E-state index in [1.54, 1.807) is 0 Å². The number of nitro groups is 1. The number of nitrogens with one attached hydrogen (secondary N) is 1. The molecule has 174 valence electrons. The zero-order valence-electron chi connectivity index (χ0n) is 18.5. The summed E-state index contributed by atoms with van der Waals surface area (Å²) in [6, 6.07) is 7.35. The number of rotatable bonds is 2. The van der Waals surface area contributed by atoms with Crippen molar-refractivity contribution in [3.8, 4) is 0 Å². The Labute approximate surface area is 199 Å². The summed E-state index contributed by atoms with van der Waals surface area (Å²) in [6.45, 7) is 4.49. The van der Waals surface area contributed by atoms with Crippen LogP contribution < -0.4 is 10.2 Å². The van der Waals surface area contributed by atoms with Gasteiger partial charge >= 0.3 is 0 Å². The number of hydrogen-bond acceptors (Lipinski definition) is 6. The number of halogens is 1. The summed E-state index contributed by atoms with van der Waals surface area (Å²) in [5.41, 5.74) is 1.93. The normalized spacial score (nSPS) is 29.6. The molecule has 4 atom stereocenters. The van der Waals surface area contributed by atoms with Crippen LogP contribution in [0.1, 0.15) is 29.5 Å². The predicted molar refractivity (Wildman–Crippen MR) is 124 cm³/mol. The molecule has 1 spiro atoms. The molecular weight excluding hydrogens is 460 g/mol. The van der Waals surface area contributed by atoms with Crippen molar-refractivity contribution in [1.29, 1.82) is 0 Å². The van der Waals surface area contributed by atoms with Gasteiger partial charge in [-0.2, -0.15) is 0 Å². The third-order valence-corrected chi connectivity index (χ3v) is 8.13. The van der Waals surface area contributed by atoms with Crippen molar-refractivity contribution < 1.29 is 19.3 Å². The lowest BCUT2D eigenvalue weighted by Crippen LogP contribution is -2.54. The first-order chi connectivity index (χ1) is 16.2. The van der Waals surface area contributed by atoms with E-state index in [0.29, 0.717) is 18.7 Å². The lowest BCUT2D eigenvalue weighted by molar-refractivity contribution is -0.384. The first-order valence-electron chi connectivity index (χ1n) is 11.2. The molecule has 34 heavy (non-hydrogen) atoms. The number of imide groups is 1. The fourth-order valence-electron chi connectivity index (χ4n) is 6.69. The summed E-state index contributed by atoms with van der Waals surface area (Å²) in [7, 11) is 0. The Morgan fingerprint density at radius 1 is 1.15 bits per heavy atom. The fraction of sp³-hybridized carbons (Fsp3) is 0.375. The van der Waals surface area contributed by atoms with Crippen LogP contribution in [0.4, 0.5) is 17.1 Å². The van der Waals surface area contributed by atoms with E-state index in [2.05, 4.69) is 10.2 Å². The van der Waals surface area contributed by atoms with E-state index in [1.165, 1.54) is 12.1 Å². The first kappa shape index (κ1) is 21.2. The Morgan fingerprint density at radius 3 is 2.62 bits per heavy atom. The molecule has 2 aromatic carbocycles. The molecule has 3 saturated heterocycles. The second-order valence-electron chi connectivity index (χ2n) is 9.54. The Kier molecular flexibility index (Phi) is 4.29. The van der Waals surface area contributed by atoms with Gasteiger partial charge in [0.15, 0.2) is 0 Å². The van der Waals surface area contributed by atoms with Crippen LogP contribution in [0.15, 0.2) is 30.3 Å². The monoisotopic (exact) mass is 480 g/mol. The van der Waals surface area contributed by atoms with Crippen LogP contribution in [0.5, 0.6) is 0 Å². The van der Waals surface area contributed by atoms with Gasteiger partial charge in [-0.05, 0) is 44.9 Å². The van der Waals surface area contributed by atoms with E-state index in [4.69, 9.17) is 11.6 Å². The van der Waals surface area contributed by atoms with E-state index < -0.39 is 34.1 Å². The lowest BCUT2D eigenvalue weighted by atomic mass is 9.75. The second-order valence-corrected chi connectivity index (χ2v) is 9.94. The predicted octanol–water partition coefficient (Wildman–Crippen LogP) is 3.30. The number of non-ortho nitro benzene ring substituents is 1. The Morgan fingerprint density at radius 2 is 1.91 bits per heavy atom. The molecular formula is C24H21ClN4O5. The maximum atomic E-state index is 14.0. The number of hydrogen-bond donors (Lipinski definition) is 1. The molecule has 1 N–H and O–H groups in total. The summed E-state index contributed by atoms with van der Waals surface area (Å²) >= 11 is 6.31. The van der Waals surface area contributed by atoms with Gasteiger partial charge < -0.3 is 5.32 Å². The Bertz CT molecular complexity index is 1340. The number of amides is 3. The number of carbonyl (C=O) groups excluding carboxylic acids is 3. The third-order valence-electron chi connectivity index (χ3n) is 7.83. The maximum Gasteiger partial charge on any atom is 0.271 e. The number of nitrogens with zero attached hydrogens (tertiary/aromatic N) is 3. The minimum Gasteiger partial charge on any atom is -0.324 e. The molecule has 3 fully saturated rings. The fourth-order valence-corrected chi connectivity index (χ4v) is 6.95. The number of fused-ring (bicyclic) bond motifs is 7. The van der Waals surface area contributed by atoms with Crippen LogP contribution in [-0.4, -0.2) is 40.1 Å². The van der Waals surface area contributed by atoms with Crippen molar-refractivity contribution >= 4 is 46.4 Å². The summed E-state index contributed by atoms with van der Waals surface area (Å²) < 4.78 is 0. The minimum absolute atomic E-state index is 0.0591. The summed E-state index contributed by atoms with van der Waals surface area (Å²) in [6.07, 6.45) is 1.53. The van der Waals surface area contributed by atoms with E-state index in [1.807, 2.05) is 26.0 Å². The van der Waals surface area contributed by atoms with E-state index in [-0.39, 0.29) is 28.3 Å². The van der Waals surface area contributed by atoms with Gasteiger partial charge in [-0.15, -0.1) is 0 Å². The zero-order chi connectivity index (χ0) is 24.1. The van der Waals surface area contributed by atoms with E-state index in [9.17, 15) is 24.5 Å². The third kappa shape index (κ3) is 2.40. The average Bonchev–Trinajstić information content (AvgIpc) is 3.48. The summed E-state index contributed by atoms with van der Waals surface area (Å²) in [5, 5.41) is 14.1. The van der Waals surface area contributed by atoms with Gasteiger partial charge in [-0.1, -0.05) is 29.3 Å². The molecule has 0 radical (unpaired) electrons. The maximum absolute atomic E-state index is 14.0. The highest BCUT2D eigenvalue weighted by atomic mass is 35.5. The highest BCUT2D eigenvalue weighted by molar-refractivity contribution is 6.36. The SMILES string of the molecule is Cc1cc(C)c2c(c1)[C@]1(C(=O)N2)[C@@H]2C(=O)N(c3ccc([N+](=O)[O-])cc3Cl)C(=O)[C@H]2[C@H]2CCCN21. The van der Waals surface area contributed by atoms with Gasteiger partial charge in [0.05, 0.1) is 27.5 Å². The molecule has 9 nitrogen and oxygen atoms in total. The molecule has 4 aliphatic heterocycles. The zero-order valence-corrected chi connectivity index (χ0v) is 19.3. The number of aryl methyl sites for hydroxylation is 2. The van der Waals surface area contributed by atoms with Crippen LogP contribution in [0.2, 0.25) is 5.02 Å². The van der Waals surface area contributed by atoms with Gasteiger partial charge in [-0.3, -0.25) is 29.4 Å². The van der Waals surface area contributed by atoms with Crippen LogP contribution >= 0.6 is 11.6 Å². The molecule has 6 rings (SSSR count). The standard InChI is InChI=1S/C24H21ClN4O5/c1-11-8-12(2)20-14(9-11)24(23(32)26-20)19-18(17-4-3-7-27(17)24)21(30)28(22(19)31)16-6-5-13(29(33)34)10-15(16)25/h5-6,8-10,17-19H,3-4,7H2,1-2H3,(H,26,32)/t17-,18+,19+,24-/m1/s1. The number of nitro benzene ring substituents is 1. The molecule has 0 unspecified atom stereocenters. The average molecular weight is 481 g/mol. The molecule has 10 heteroatoms. The number of benzene rings is 2. The number of anilines is 2. The van der Waals surface area contributed by atoms with Crippen LogP contribution in [0, 0.1) is 35.8 Å². The van der Waals surface area contributed by atoms with Crippen molar-refractivity contribution in [1.82, 2.24) is 4.90 Å². The molecule has 4 aliphatic rings. The molecule has 4 heterocycles. The second kappa shape index (κ2) is 6.86. The molecule has 0 aliphatic carbocycles. The van der Waals surface area contributed by atoms with Crippen molar-refractivity contribution in [3.63, 3.8) is 0 Å². The Hall–Kier alpha value is -3.30. The molecule has 0 bridgehead atoms. The van der Waals surface area contributed by atoms with Gasteiger partial charge in [0.1, 0.15) is 5.54 Å². The minimum atomic E-state index is -1.27. The van der Waals surface area contributed by atoms with Crippen molar-refractivity contribution in [2.24, 2.45) is 11.8 Å². The molecule has 3 amide bonds. The number of carbonyl (C=O) groups is 3. The van der Waals surface area contributed by atoms with Gasteiger partial charge in [0, 0.05) is 29.4 Å². The summed E-state index contributed by atoms with van der Waals surface area (Å²) in [5.74, 6) is -2.79. The Balaban J connectivity index is 1.54. The summed E-state index contributed by atoms with van der Waals surface area (Å²) in [4.78, 5) is 55.1. The smallest absolute Gasteiger partial charge is 0.271 e. The topological polar surface area (TPSA) is 113 Å². The first-order valence-corrected chi connectivity index (χ1v) is 11.6. The van der Waals surface area contributed by atoms with Crippen molar-refractivity contribution in [3.05, 3.63) is 62.2 Å². The molecule has 0 aromatic heterocycles. The van der Waals surface area contributed by atoms with Crippen LogP contribution in [-0.2, 0) is 19.9 Å². The van der Waals surface area contributed by atoms with Crippen molar-refractivity contribution in [2.75, 3.05) is 16.8 Å². The highest BCUT2D eigenvalue weighted by Gasteiger charge is 2.74. The highest BCUT2D eigenvalue weighted by Crippen LogP contribution is 2.61.